The van der Waals surface area contributed by atoms with Crippen LogP contribution in [0, 0.1) is 0 Å². The first-order valence-corrected chi connectivity index (χ1v) is 5.22. The SMILES string of the molecule is COCCCCC(=O)Nc1ccc(N)nc1. The molecule has 88 valence electrons. The summed E-state index contributed by atoms with van der Waals surface area (Å²) < 4.78 is 4.90. The van der Waals surface area contributed by atoms with Crippen LogP contribution in [0.4, 0.5) is 11.5 Å². The number of anilines is 2. The van der Waals surface area contributed by atoms with Crippen molar-refractivity contribution in [2.75, 3.05) is 24.8 Å². The fraction of sp³-hybridized carbons (Fsp3) is 0.455. The van der Waals surface area contributed by atoms with E-state index in [0.29, 0.717) is 24.5 Å². The first kappa shape index (κ1) is 12.4. The molecule has 0 aliphatic heterocycles. The van der Waals surface area contributed by atoms with E-state index in [1.54, 1.807) is 25.4 Å². The van der Waals surface area contributed by atoms with Crippen LogP contribution in [0.1, 0.15) is 19.3 Å². The Kier molecular flexibility index (Phi) is 5.28. The second-order valence-corrected chi connectivity index (χ2v) is 3.47. The van der Waals surface area contributed by atoms with Gasteiger partial charge in [0.1, 0.15) is 5.82 Å². The maximum absolute atomic E-state index is 11.4. The van der Waals surface area contributed by atoms with Crippen molar-refractivity contribution >= 4 is 17.4 Å². The topological polar surface area (TPSA) is 77.2 Å². The highest BCUT2D eigenvalue weighted by Crippen LogP contribution is 2.08. The Balaban J connectivity index is 2.26. The molecule has 0 unspecified atom stereocenters. The van der Waals surface area contributed by atoms with Gasteiger partial charge in [0.25, 0.3) is 0 Å². The van der Waals surface area contributed by atoms with Crippen LogP contribution in [0.25, 0.3) is 0 Å². The van der Waals surface area contributed by atoms with Crippen molar-refractivity contribution < 1.29 is 9.53 Å². The molecule has 0 fully saturated rings. The number of pyridine rings is 1. The number of aromatic nitrogens is 1. The fourth-order valence-corrected chi connectivity index (χ4v) is 1.23. The molecule has 1 amide bonds. The maximum Gasteiger partial charge on any atom is 0.224 e. The number of carbonyl (C=O) groups is 1. The largest absolute Gasteiger partial charge is 0.385 e. The third-order valence-electron chi connectivity index (χ3n) is 2.07. The van der Waals surface area contributed by atoms with Crippen molar-refractivity contribution in [2.24, 2.45) is 0 Å². The van der Waals surface area contributed by atoms with Crippen LogP contribution in [-0.2, 0) is 9.53 Å². The molecule has 1 rings (SSSR count). The molecule has 1 aromatic heterocycles. The predicted molar refractivity (Wildman–Crippen MR) is 63.0 cm³/mol. The second-order valence-electron chi connectivity index (χ2n) is 3.47. The van der Waals surface area contributed by atoms with E-state index in [9.17, 15) is 4.79 Å². The lowest BCUT2D eigenvalue weighted by atomic mass is 10.2. The number of carbonyl (C=O) groups excluding carboxylic acids is 1. The lowest BCUT2D eigenvalue weighted by molar-refractivity contribution is -0.116. The highest BCUT2D eigenvalue weighted by Gasteiger charge is 2.02. The minimum atomic E-state index is -0.0114. The molecule has 0 aliphatic rings. The van der Waals surface area contributed by atoms with Gasteiger partial charge in [-0.05, 0) is 25.0 Å². The lowest BCUT2D eigenvalue weighted by Gasteiger charge is -2.04. The smallest absolute Gasteiger partial charge is 0.224 e. The molecule has 1 aromatic rings. The van der Waals surface area contributed by atoms with Gasteiger partial charge in [-0.3, -0.25) is 4.79 Å². The van der Waals surface area contributed by atoms with Gasteiger partial charge in [0.2, 0.25) is 5.91 Å². The summed E-state index contributed by atoms with van der Waals surface area (Å²) in [7, 11) is 1.65. The number of unbranched alkanes of at least 4 members (excludes halogenated alkanes) is 1. The summed E-state index contributed by atoms with van der Waals surface area (Å²) in [5.41, 5.74) is 6.11. The van der Waals surface area contributed by atoms with Gasteiger partial charge in [-0.1, -0.05) is 0 Å². The standard InChI is InChI=1S/C11H17N3O2/c1-16-7-3-2-4-11(15)14-9-5-6-10(12)13-8-9/h5-6,8H,2-4,7H2,1H3,(H2,12,13)(H,14,15). The van der Waals surface area contributed by atoms with E-state index in [4.69, 9.17) is 10.5 Å². The summed E-state index contributed by atoms with van der Waals surface area (Å²) in [6, 6.07) is 3.38. The zero-order valence-electron chi connectivity index (χ0n) is 9.40. The third kappa shape index (κ3) is 4.75. The Morgan fingerprint density at radius 3 is 2.94 bits per heavy atom. The molecule has 1 heterocycles. The lowest BCUT2D eigenvalue weighted by Crippen LogP contribution is -2.11. The Hall–Kier alpha value is -1.62. The average Bonchev–Trinajstić information content (AvgIpc) is 2.28. The van der Waals surface area contributed by atoms with Crippen molar-refractivity contribution in [3.63, 3.8) is 0 Å². The molecule has 0 aliphatic carbocycles. The van der Waals surface area contributed by atoms with Crippen molar-refractivity contribution in [3.05, 3.63) is 18.3 Å². The number of nitrogens with two attached hydrogens (primary N) is 1. The highest BCUT2D eigenvalue weighted by atomic mass is 16.5. The molecule has 5 nitrogen and oxygen atoms in total. The van der Waals surface area contributed by atoms with Crippen LogP contribution in [0.15, 0.2) is 18.3 Å². The predicted octanol–water partition coefficient (Wildman–Crippen LogP) is 1.42. The summed E-state index contributed by atoms with van der Waals surface area (Å²) in [6.07, 6.45) is 3.75. The highest BCUT2D eigenvalue weighted by molar-refractivity contribution is 5.90. The van der Waals surface area contributed by atoms with E-state index in [1.165, 1.54) is 0 Å². The van der Waals surface area contributed by atoms with Crippen LogP contribution in [0.2, 0.25) is 0 Å². The van der Waals surface area contributed by atoms with E-state index in [0.717, 1.165) is 12.8 Å². The van der Waals surface area contributed by atoms with Gasteiger partial charge in [-0.25, -0.2) is 4.98 Å². The molecule has 3 N–H and O–H groups in total. The van der Waals surface area contributed by atoms with Crippen LogP contribution in [0.3, 0.4) is 0 Å². The number of ether oxygens (including phenoxy) is 1. The van der Waals surface area contributed by atoms with Gasteiger partial charge in [-0.2, -0.15) is 0 Å². The van der Waals surface area contributed by atoms with Crippen LogP contribution >= 0.6 is 0 Å². The Morgan fingerprint density at radius 2 is 2.31 bits per heavy atom. The van der Waals surface area contributed by atoms with Gasteiger partial charge in [0.15, 0.2) is 0 Å². The van der Waals surface area contributed by atoms with E-state index in [2.05, 4.69) is 10.3 Å². The maximum atomic E-state index is 11.4. The number of nitrogens with one attached hydrogen (secondary N) is 1. The second kappa shape index (κ2) is 6.79. The van der Waals surface area contributed by atoms with E-state index in [1.807, 2.05) is 0 Å². The zero-order chi connectivity index (χ0) is 11.8. The minimum Gasteiger partial charge on any atom is -0.385 e. The number of hydrogen-bond acceptors (Lipinski definition) is 4. The summed E-state index contributed by atoms with van der Waals surface area (Å²) in [5, 5.41) is 2.75. The normalized spacial score (nSPS) is 10.1. The summed E-state index contributed by atoms with van der Waals surface area (Å²) in [6.45, 7) is 0.691. The molecule has 0 aromatic carbocycles. The number of rotatable bonds is 6. The first-order chi connectivity index (χ1) is 7.72. The minimum absolute atomic E-state index is 0.0114. The average molecular weight is 223 g/mol. The summed E-state index contributed by atoms with van der Waals surface area (Å²) in [5.74, 6) is 0.431. The van der Waals surface area contributed by atoms with Gasteiger partial charge < -0.3 is 15.8 Å². The van der Waals surface area contributed by atoms with Gasteiger partial charge in [-0.15, -0.1) is 0 Å². The quantitative estimate of drug-likeness (QED) is 0.715. The van der Waals surface area contributed by atoms with Gasteiger partial charge >= 0.3 is 0 Å². The molecule has 0 atom stereocenters. The van der Waals surface area contributed by atoms with Crippen LogP contribution in [-0.4, -0.2) is 24.6 Å². The summed E-state index contributed by atoms with van der Waals surface area (Å²) >= 11 is 0. The zero-order valence-corrected chi connectivity index (χ0v) is 9.40. The molecular weight excluding hydrogens is 206 g/mol. The first-order valence-electron chi connectivity index (χ1n) is 5.22. The molecule has 0 radical (unpaired) electrons. The van der Waals surface area contributed by atoms with Crippen molar-refractivity contribution in [3.8, 4) is 0 Å². The van der Waals surface area contributed by atoms with Gasteiger partial charge in [0, 0.05) is 20.1 Å². The fourth-order valence-electron chi connectivity index (χ4n) is 1.23. The number of nitrogen functional groups attached to an aromatic ring is 1. The van der Waals surface area contributed by atoms with Gasteiger partial charge in [0.05, 0.1) is 11.9 Å². The van der Waals surface area contributed by atoms with Crippen molar-refractivity contribution in [2.45, 2.75) is 19.3 Å². The monoisotopic (exact) mass is 223 g/mol. The number of methoxy groups -OCH3 is 1. The Labute approximate surface area is 95.0 Å². The number of amides is 1. The molecule has 0 bridgehead atoms. The molecule has 5 heteroatoms. The van der Waals surface area contributed by atoms with Crippen LogP contribution in [0.5, 0.6) is 0 Å². The molecule has 16 heavy (non-hydrogen) atoms. The number of nitrogens with zero attached hydrogens (tertiary/aromatic N) is 1. The summed E-state index contributed by atoms with van der Waals surface area (Å²) in [4.78, 5) is 15.3. The Morgan fingerprint density at radius 1 is 1.50 bits per heavy atom. The van der Waals surface area contributed by atoms with Crippen LogP contribution < -0.4 is 11.1 Å². The van der Waals surface area contributed by atoms with E-state index in [-0.39, 0.29) is 5.91 Å². The van der Waals surface area contributed by atoms with Crippen molar-refractivity contribution in [1.82, 2.24) is 4.98 Å². The van der Waals surface area contributed by atoms with E-state index < -0.39 is 0 Å². The molecule has 0 saturated carbocycles. The molecular formula is C11H17N3O2. The van der Waals surface area contributed by atoms with E-state index >= 15 is 0 Å². The number of hydrogen-bond donors (Lipinski definition) is 2. The molecule has 0 spiro atoms. The molecule has 0 saturated heterocycles. The van der Waals surface area contributed by atoms with Crippen molar-refractivity contribution in [1.29, 1.82) is 0 Å². The third-order valence-corrected chi connectivity index (χ3v) is 2.07. The Bertz CT molecular complexity index is 325.